The minimum absolute atomic E-state index is 0.184. The Bertz CT molecular complexity index is 3320. The van der Waals surface area contributed by atoms with Gasteiger partial charge in [0.05, 0.1) is 0 Å². The predicted octanol–water partition coefficient (Wildman–Crippen LogP) is 14.4. The summed E-state index contributed by atoms with van der Waals surface area (Å²) in [5.41, 5.74) is 3.67. The molecule has 0 aliphatic rings. The molecular weight excluding hydrogens is 620 g/mol. The lowest BCUT2D eigenvalue weighted by Gasteiger charge is -2.18. The molecule has 0 unspecified atom stereocenters. The molecule has 0 saturated heterocycles. The maximum absolute atomic E-state index is 17.1. The molecule has 12 aromatic rings. The third-order valence-electron chi connectivity index (χ3n) is 11.6. The van der Waals surface area contributed by atoms with Crippen LogP contribution in [-0.2, 0) is 0 Å². The first kappa shape index (κ1) is 27.3. The van der Waals surface area contributed by atoms with Crippen molar-refractivity contribution in [2.75, 3.05) is 0 Å². The number of hydrogen-bond donors (Lipinski definition) is 0. The molecule has 234 valence electrons. The van der Waals surface area contributed by atoms with Crippen LogP contribution in [0.15, 0.2) is 164 Å². The highest BCUT2D eigenvalue weighted by Gasteiger charge is 2.19. The SMILES string of the molecule is Fc1c(-c2ccc3c4cccc5cccc(c6cccc2c63)c54)ccc2ccc(-c3ccc4c5cccc6cccc(c7cccc3c74)c65)cc12. The van der Waals surface area contributed by atoms with Crippen LogP contribution in [0.5, 0.6) is 0 Å². The van der Waals surface area contributed by atoms with Gasteiger partial charge in [-0.3, -0.25) is 0 Å². The minimum atomic E-state index is -0.184. The molecular formula is C50H27F. The van der Waals surface area contributed by atoms with E-state index in [-0.39, 0.29) is 5.82 Å². The molecule has 0 fully saturated rings. The maximum Gasteiger partial charge on any atom is 0.138 e. The molecule has 0 heterocycles. The molecule has 0 amide bonds. The quantitative estimate of drug-likeness (QED) is 0.129. The summed E-state index contributed by atoms with van der Waals surface area (Å²) in [4.78, 5) is 0. The molecule has 0 atom stereocenters. The molecule has 1 heteroatoms. The largest absolute Gasteiger partial charge is 0.206 e. The fraction of sp³-hybridized carbons (Fsp3) is 0. The van der Waals surface area contributed by atoms with Crippen molar-refractivity contribution < 1.29 is 4.39 Å². The summed E-state index contributed by atoms with van der Waals surface area (Å²) in [6, 6.07) is 58.5. The third kappa shape index (κ3) is 3.52. The van der Waals surface area contributed by atoms with Gasteiger partial charge in [0, 0.05) is 10.9 Å². The molecule has 0 radical (unpaired) electrons. The van der Waals surface area contributed by atoms with Gasteiger partial charge in [0.25, 0.3) is 0 Å². The van der Waals surface area contributed by atoms with Gasteiger partial charge in [-0.1, -0.05) is 158 Å². The highest BCUT2D eigenvalue weighted by molar-refractivity contribution is 6.35. The third-order valence-corrected chi connectivity index (χ3v) is 11.6. The Morgan fingerprint density at radius 1 is 0.255 bits per heavy atom. The molecule has 0 saturated carbocycles. The summed E-state index contributed by atoms with van der Waals surface area (Å²) in [5.74, 6) is -0.184. The zero-order valence-electron chi connectivity index (χ0n) is 27.5. The van der Waals surface area contributed by atoms with Crippen molar-refractivity contribution >= 4 is 97.0 Å². The first-order valence-corrected chi connectivity index (χ1v) is 17.6. The summed E-state index contributed by atoms with van der Waals surface area (Å²) in [6.45, 7) is 0. The Labute approximate surface area is 292 Å². The van der Waals surface area contributed by atoms with Gasteiger partial charge >= 0.3 is 0 Å². The molecule has 0 bridgehead atoms. The number of halogens is 1. The van der Waals surface area contributed by atoms with Crippen molar-refractivity contribution in [2.24, 2.45) is 0 Å². The van der Waals surface area contributed by atoms with Crippen LogP contribution < -0.4 is 0 Å². The molecule has 0 aliphatic carbocycles. The molecule has 0 aromatic heterocycles. The zero-order chi connectivity index (χ0) is 33.4. The average molecular weight is 647 g/mol. The van der Waals surface area contributed by atoms with Gasteiger partial charge < -0.3 is 0 Å². The fourth-order valence-electron chi connectivity index (χ4n) is 9.44. The van der Waals surface area contributed by atoms with E-state index in [9.17, 15) is 0 Å². The second kappa shape index (κ2) is 9.78. The highest BCUT2D eigenvalue weighted by atomic mass is 19.1. The van der Waals surface area contributed by atoms with E-state index in [1.807, 2.05) is 6.07 Å². The summed E-state index contributed by atoms with van der Waals surface area (Å²) in [6.07, 6.45) is 0. The summed E-state index contributed by atoms with van der Waals surface area (Å²) >= 11 is 0. The van der Waals surface area contributed by atoms with Gasteiger partial charge in [0.1, 0.15) is 5.82 Å². The number of hydrogen-bond acceptors (Lipinski definition) is 0. The van der Waals surface area contributed by atoms with Crippen LogP contribution in [0.1, 0.15) is 0 Å². The van der Waals surface area contributed by atoms with Gasteiger partial charge in [-0.05, 0) is 114 Å². The van der Waals surface area contributed by atoms with E-state index in [0.717, 1.165) is 27.5 Å². The van der Waals surface area contributed by atoms with Crippen LogP contribution in [-0.4, -0.2) is 0 Å². The van der Waals surface area contributed by atoms with Crippen molar-refractivity contribution in [1.82, 2.24) is 0 Å². The normalized spacial score (nSPS) is 12.4. The van der Waals surface area contributed by atoms with Gasteiger partial charge in [-0.15, -0.1) is 0 Å². The van der Waals surface area contributed by atoms with E-state index in [1.165, 1.54) is 80.8 Å². The van der Waals surface area contributed by atoms with Crippen molar-refractivity contribution in [3.63, 3.8) is 0 Å². The van der Waals surface area contributed by atoms with Gasteiger partial charge in [0.2, 0.25) is 0 Å². The van der Waals surface area contributed by atoms with Crippen LogP contribution in [0.2, 0.25) is 0 Å². The van der Waals surface area contributed by atoms with E-state index in [1.54, 1.807) is 0 Å². The Morgan fingerprint density at radius 2 is 0.647 bits per heavy atom. The minimum Gasteiger partial charge on any atom is -0.206 e. The highest BCUT2D eigenvalue weighted by Crippen LogP contribution is 2.46. The molecule has 0 aliphatic heterocycles. The van der Waals surface area contributed by atoms with E-state index in [2.05, 4.69) is 158 Å². The van der Waals surface area contributed by atoms with Crippen molar-refractivity contribution in [1.29, 1.82) is 0 Å². The van der Waals surface area contributed by atoms with Crippen molar-refractivity contribution in [3.8, 4) is 22.3 Å². The van der Waals surface area contributed by atoms with Gasteiger partial charge in [-0.25, -0.2) is 4.39 Å². The molecule has 51 heavy (non-hydrogen) atoms. The van der Waals surface area contributed by atoms with Crippen LogP contribution in [0, 0.1) is 5.82 Å². The number of fused-ring (bicyclic) bond motifs is 5. The topological polar surface area (TPSA) is 0 Å². The Morgan fingerprint density at radius 3 is 1.20 bits per heavy atom. The second-order valence-corrected chi connectivity index (χ2v) is 14.1. The Hall–Kier alpha value is -6.57. The van der Waals surface area contributed by atoms with Crippen LogP contribution in [0.4, 0.5) is 4.39 Å². The van der Waals surface area contributed by atoms with Gasteiger partial charge in [0.15, 0.2) is 0 Å². The van der Waals surface area contributed by atoms with E-state index in [0.29, 0.717) is 10.9 Å². The smallest absolute Gasteiger partial charge is 0.138 e. The monoisotopic (exact) mass is 646 g/mol. The number of rotatable bonds is 2. The zero-order valence-corrected chi connectivity index (χ0v) is 27.5. The maximum atomic E-state index is 17.1. The molecule has 0 N–H and O–H groups in total. The standard InChI is InChI=1S/C50H27F/c51-50-44(33-24-26-43-39-14-4-10-30-8-2-12-37(47(30)39)41-18-6-16-35(33)49(41)43)22-21-28-19-20-31(27-45(28)50)32-23-25-42-38-13-3-9-29-7-1-11-36(46(29)38)40-17-5-15-34(32)48(40)42/h1-27H. The number of benzene rings is 12. The van der Waals surface area contributed by atoms with Crippen LogP contribution in [0.3, 0.4) is 0 Å². The van der Waals surface area contributed by atoms with Crippen LogP contribution in [0.25, 0.3) is 119 Å². The summed E-state index contributed by atoms with van der Waals surface area (Å²) < 4.78 is 17.1. The van der Waals surface area contributed by atoms with Gasteiger partial charge in [-0.2, -0.15) is 0 Å². The lowest BCUT2D eigenvalue weighted by Crippen LogP contribution is -1.92. The van der Waals surface area contributed by atoms with Crippen molar-refractivity contribution in [3.05, 3.63) is 170 Å². The average Bonchev–Trinajstić information content (AvgIpc) is 3.19. The first-order chi connectivity index (χ1) is 25.2. The summed E-state index contributed by atoms with van der Waals surface area (Å²) in [7, 11) is 0. The molecule has 12 aromatic carbocycles. The molecule has 0 nitrogen and oxygen atoms in total. The first-order valence-electron chi connectivity index (χ1n) is 17.6. The van der Waals surface area contributed by atoms with E-state index >= 15 is 4.39 Å². The molecule has 12 rings (SSSR count). The predicted molar refractivity (Wildman–Crippen MR) is 217 cm³/mol. The lowest BCUT2D eigenvalue weighted by molar-refractivity contribution is 0.643. The van der Waals surface area contributed by atoms with Crippen molar-refractivity contribution in [2.45, 2.75) is 0 Å². The van der Waals surface area contributed by atoms with Crippen LogP contribution >= 0.6 is 0 Å². The second-order valence-electron chi connectivity index (χ2n) is 14.1. The molecule has 0 spiro atoms. The van der Waals surface area contributed by atoms with E-state index < -0.39 is 0 Å². The fourth-order valence-corrected chi connectivity index (χ4v) is 9.44. The Kier molecular flexibility index (Phi) is 5.23. The summed E-state index contributed by atoms with van der Waals surface area (Å²) in [5, 5.41) is 21.3. The lowest BCUT2D eigenvalue weighted by atomic mass is 9.86. The van der Waals surface area contributed by atoms with E-state index in [4.69, 9.17) is 0 Å². The Balaban J connectivity index is 1.09.